The first kappa shape index (κ1) is 20.4. The third-order valence-corrected chi connectivity index (χ3v) is 6.80. The fraction of sp³-hybridized carbons (Fsp3) is 0.478. The summed E-state index contributed by atoms with van der Waals surface area (Å²) in [6.45, 7) is 3.63. The van der Waals surface area contributed by atoms with Gasteiger partial charge in [0.2, 0.25) is 5.88 Å². The van der Waals surface area contributed by atoms with E-state index in [0.717, 1.165) is 54.9 Å². The number of fused-ring (bicyclic) bond motifs is 4. The van der Waals surface area contributed by atoms with Crippen molar-refractivity contribution in [2.45, 2.75) is 31.4 Å². The molecule has 7 nitrogen and oxygen atoms in total. The average molecular weight is 444 g/mol. The number of nitrogens with zero attached hydrogens (tertiary/aromatic N) is 2. The van der Waals surface area contributed by atoms with Gasteiger partial charge in [0.05, 0.1) is 19.8 Å². The zero-order valence-corrected chi connectivity index (χ0v) is 18.2. The maximum Gasteiger partial charge on any atom is 0.407 e. The van der Waals surface area contributed by atoms with E-state index in [1.54, 1.807) is 6.20 Å². The molecule has 3 fully saturated rings. The molecule has 1 aromatic heterocycles. The lowest BCUT2D eigenvalue weighted by molar-refractivity contribution is -0.0342. The molecule has 4 aliphatic rings. The topological polar surface area (TPSA) is 72.9 Å². The second-order valence-corrected chi connectivity index (χ2v) is 8.79. The lowest BCUT2D eigenvalue weighted by Gasteiger charge is -2.44. The lowest BCUT2D eigenvalue weighted by atomic mass is 9.86. The number of rotatable bonds is 4. The van der Waals surface area contributed by atoms with Gasteiger partial charge >= 0.3 is 6.09 Å². The van der Waals surface area contributed by atoms with Gasteiger partial charge in [-0.1, -0.05) is 23.7 Å². The zero-order valence-electron chi connectivity index (χ0n) is 17.5. The van der Waals surface area contributed by atoms with Crippen molar-refractivity contribution in [3.63, 3.8) is 0 Å². The van der Waals surface area contributed by atoms with Crippen LogP contribution in [0, 0.1) is 5.92 Å². The first-order valence-corrected chi connectivity index (χ1v) is 11.1. The van der Waals surface area contributed by atoms with Crippen LogP contribution in [0.2, 0.25) is 5.02 Å². The van der Waals surface area contributed by atoms with Crippen LogP contribution in [0.4, 0.5) is 4.79 Å². The predicted octanol–water partition coefficient (Wildman–Crippen LogP) is 4.05. The van der Waals surface area contributed by atoms with Crippen LogP contribution in [0.25, 0.3) is 11.1 Å². The summed E-state index contributed by atoms with van der Waals surface area (Å²) >= 11 is 6.22. The van der Waals surface area contributed by atoms with Gasteiger partial charge in [-0.2, -0.15) is 0 Å². The van der Waals surface area contributed by atoms with E-state index in [9.17, 15) is 4.79 Å². The maximum absolute atomic E-state index is 12.6. The van der Waals surface area contributed by atoms with Gasteiger partial charge in [-0.15, -0.1) is 0 Å². The molecule has 1 unspecified atom stereocenters. The largest absolute Gasteiger partial charge is 0.493 e. The Labute approximate surface area is 186 Å². The number of carbonyl (C=O) groups excluding carboxylic acids is 1. The minimum Gasteiger partial charge on any atom is -0.493 e. The molecule has 2 bridgehead atoms. The van der Waals surface area contributed by atoms with Gasteiger partial charge < -0.3 is 19.5 Å². The van der Waals surface area contributed by atoms with Gasteiger partial charge in [-0.3, -0.25) is 4.90 Å². The summed E-state index contributed by atoms with van der Waals surface area (Å²) in [5, 5.41) is 3.51. The van der Waals surface area contributed by atoms with E-state index >= 15 is 0 Å². The number of aromatic nitrogens is 1. The van der Waals surface area contributed by atoms with Crippen molar-refractivity contribution >= 4 is 17.7 Å². The highest BCUT2D eigenvalue weighted by Crippen LogP contribution is 2.37. The fourth-order valence-corrected chi connectivity index (χ4v) is 5.05. The van der Waals surface area contributed by atoms with Gasteiger partial charge in [-0.25, -0.2) is 9.78 Å². The standard InChI is InChI=1S/C23H26ClN3O4/c1-29-22-18(24)10-16(12-25-22)15-2-3-17-19(6-9-30-20(17)11-15)26-23(28)31-21-13-27-7-4-14(21)5-8-27/h2-3,10-12,14,19,21H,4-9,13H2,1H3,(H,26,28)/t19?,21-/m1/s1. The molecule has 3 saturated heterocycles. The van der Waals surface area contributed by atoms with Crippen LogP contribution in [0.15, 0.2) is 30.5 Å². The molecule has 1 amide bonds. The van der Waals surface area contributed by atoms with E-state index in [4.69, 9.17) is 25.8 Å². The number of amides is 1. The molecular weight excluding hydrogens is 418 g/mol. The fourth-order valence-electron chi connectivity index (χ4n) is 4.81. The SMILES string of the molecule is COc1ncc(-c2ccc3c(c2)OCCC3NC(=O)O[C@@H]2CN3CCC2CC3)cc1Cl. The summed E-state index contributed by atoms with van der Waals surface area (Å²) in [7, 11) is 1.54. The number of piperidine rings is 3. The minimum absolute atomic E-state index is 0.00323. The normalized spacial score (nSPS) is 26.5. The Morgan fingerprint density at radius 1 is 1.23 bits per heavy atom. The van der Waals surface area contributed by atoms with Crippen molar-refractivity contribution in [2.24, 2.45) is 5.92 Å². The smallest absolute Gasteiger partial charge is 0.407 e. The highest BCUT2D eigenvalue weighted by atomic mass is 35.5. The Kier molecular flexibility index (Phi) is 5.63. The van der Waals surface area contributed by atoms with E-state index in [2.05, 4.69) is 15.2 Å². The minimum atomic E-state index is -0.341. The average Bonchev–Trinajstić information content (AvgIpc) is 2.79. The lowest BCUT2D eigenvalue weighted by Crippen LogP contribution is -2.52. The number of hydrogen-bond acceptors (Lipinski definition) is 6. The zero-order chi connectivity index (χ0) is 21.4. The van der Waals surface area contributed by atoms with Crippen molar-refractivity contribution < 1.29 is 19.0 Å². The van der Waals surface area contributed by atoms with Crippen LogP contribution in [-0.4, -0.2) is 55.4 Å². The summed E-state index contributed by atoms with van der Waals surface area (Å²) in [5.41, 5.74) is 2.76. The Morgan fingerprint density at radius 2 is 2.06 bits per heavy atom. The van der Waals surface area contributed by atoms with Crippen LogP contribution < -0.4 is 14.8 Å². The van der Waals surface area contributed by atoms with Crippen LogP contribution in [-0.2, 0) is 4.74 Å². The molecule has 1 N–H and O–H groups in total. The van der Waals surface area contributed by atoms with Crippen LogP contribution in [0.3, 0.4) is 0 Å². The van der Waals surface area contributed by atoms with Gasteiger partial charge in [0.15, 0.2) is 0 Å². The summed E-state index contributed by atoms with van der Waals surface area (Å²) in [6, 6.07) is 7.62. The van der Waals surface area contributed by atoms with E-state index in [0.29, 0.717) is 29.8 Å². The number of pyridine rings is 1. The van der Waals surface area contributed by atoms with Gasteiger partial charge in [-0.05, 0) is 49.5 Å². The number of ether oxygens (including phenoxy) is 3. The molecule has 164 valence electrons. The molecule has 1 aromatic carbocycles. The Bertz CT molecular complexity index is 977. The Morgan fingerprint density at radius 3 is 2.77 bits per heavy atom. The van der Waals surface area contributed by atoms with Crippen molar-refractivity contribution in [2.75, 3.05) is 33.4 Å². The molecule has 0 saturated carbocycles. The summed E-state index contributed by atoms with van der Waals surface area (Å²) in [6.07, 6.45) is 4.31. The molecule has 31 heavy (non-hydrogen) atoms. The highest BCUT2D eigenvalue weighted by molar-refractivity contribution is 6.32. The van der Waals surface area contributed by atoms with E-state index in [1.807, 2.05) is 24.3 Å². The monoisotopic (exact) mass is 443 g/mol. The third-order valence-electron chi connectivity index (χ3n) is 6.53. The number of carbonyl (C=O) groups is 1. The van der Waals surface area contributed by atoms with Crippen LogP contribution >= 0.6 is 11.6 Å². The van der Waals surface area contributed by atoms with E-state index in [1.165, 1.54) is 7.11 Å². The van der Waals surface area contributed by atoms with Crippen LogP contribution in [0.1, 0.15) is 30.9 Å². The maximum atomic E-state index is 12.6. The van der Waals surface area contributed by atoms with E-state index in [-0.39, 0.29) is 18.2 Å². The van der Waals surface area contributed by atoms with Gasteiger partial charge in [0, 0.05) is 30.3 Å². The van der Waals surface area contributed by atoms with Crippen molar-refractivity contribution in [1.82, 2.24) is 15.2 Å². The summed E-state index contributed by atoms with van der Waals surface area (Å²) < 4.78 is 16.8. The second kappa shape index (κ2) is 8.55. The molecule has 0 aliphatic carbocycles. The van der Waals surface area contributed by atoms with Gasteiger partial charge in [0.1, 0.15) is 16.9 Å². The molecule has 0 radical (unpaired) electrons. The molecule has 8 heteroatoms. The molecule has 5 heterocycles. The quantitative estimate of drug-likeness (QED) is 0.768. The number of methoxy groups -OCH3 is 1. The number of alkyl carbamates (subject to hydrolysis) is 1. The van der Waals surface area contributed by atoms with Crippen LogP contribution in [0.5, 0.6) is 11.6 Å². The summed E-state index contributed by atoms with van der Waals surface area (Å²) in [4.78, 5) is 19.2. The second-order valence-electron chi connectivity index (χ2n) is 8.38. The van der Waals surface area contributed by atoms with Crippen molar-refractivity contribution in [3.05, 3.63) is 41.0 Å². The molecule has 0 spiro atoms. The van der Waals surface area contributed by atoms with Crippen molar-refractivity contribution in [1.29, 1.82) is 0 Å². The highest BCUT2D eigenvalue weighted by Gasteiger charge is 2.37. The number of nitrogens with one attached hydrogen (secondary N) is 1. The van der Waals surface area contributed by atoms with Crippen molar-refractivity contribution in [3.8, 4) is 22.8 Å². The first-order valence-electron chi connectivity index (χ1n) is 10.8. The van der Waals surface area contributed by atoms with E-state index < -0.39 is 0 Å². The molecule has 6 rings (SSSR count). The van der Waals surface area contributed by atoms with Gasteiger partial charge in [0.25, 0.3) is 0 Å². The molecule has 2 aromatic rings. The number of halogens is 1. The molecule has 2 atom stereocenters. The molecule has 4 aliphatic heterocycles. The third kappa shape index (κ3) is 4.16. The number of hydrogen-bond donors (Lipinski definition) is 1. The molecular formula is C23H26ClN3O4. The Hall–Kier alpha value is -2.51. The predicted molar refractivity (Wildman–Crippen MR) is 117 cm³/mol. The first-order chi connectivity index (χ1) is 15.1. The number of benzene rings is 1. The Balaban J connectivity index is 1.29. The summed E-state index contributed by atoms with van der Waals surface area (Å²) in [5.74, 6) is 1.64.